The molecule has 5 rings (SSSR count). The van der Waals surface area contributed by atoms with Gasteiger partial charge in [0.05, 0.1) is 30.7 Å². The number of amides is 2. The Morgan fingerprint density at radius 1 is 1.15 bits per heavy atom. The van der Waals surface area contributed by atoms with Gasteiger partial charge in [-0.15, -0.1) is 0 Å². The first-order chi connectivity index (χ1) is 15.8. The molecule has 2 fully saturated rings. The van der Waals surface area contributed by atoms with Gasteiger partial charge in [0.1, 0.15) is 10.7 Å². The molecule has 3 aliphatic rings. The molecule has 1 unspecified atom stereocenters. The summed E-state index contributed by atoms with van der Waals surface area (Å²) >= 11 is 0. The summed E-state index contributed by atoms with van der Waals surface area (Å²) in [5, 5.41) is 14.1. The summed E-state index contributed by atoms with van der Waals surface area (Å²) in [5.74, 6) is -1.41. The Balaban J connectivity index is 1.67. The minimum Gasteiger partial charge on any atom is -0.465 e. The smallest absolute Gasteiger partial charge is 0.407 e. The van der Waals surface area contributed by atoms with Gasteiger partial charge in [-0.25, -0.2) is 9.18 Å². The van der Waals surface area contributed by atoms with E-state index in [9.17, 15) is 28.2 Å². The third-order valence-electron chi connectivity index (χ3n) is 6.42. The van der Waals surface area contributed by atoms with Crippen molar-refractivity contribution < 1.29 is 32.9 Å². The van der Waals surface area contributed by atoms with Gasteiger partial charge < -0.3 is 19.6 Å². The third kappa shape index (κ3) is 3.76. The summed E-state index contributed by atoms with van der Waals surface area (Å²) in [6, 6.07) is 3.87. The molecule has 0 aliphatic carbocycles. The van der Waals surface area contributed by atoms with E-state index in [1.54, 1.807) is 15.6 Å². The molecule has 2 aromatic rings. The third-order valence-corrected chi connectivity index (χ3v) is 8.18. The van der Waals surface area contributed by atoms with Crippen molar-refractivity contribution in [2.75, 3.05) is 39.4 Å². The fourth-order valence-corrected chi connectivity index (χ4v) is 6.59. The van der Waals surface area contributed by atoms with Gasteiger partial charge in [-0.2, -0.15) is 15.7 Å². The second kappa shape index (κ2) is 8.28. The van der Waals surface area contributed by atoms with Crippen molar-refractivity contribution in [1.82, 2.24) is 19.6 Å². The van der Waals surface area contributed by atoms with Crippen molar-refractivity contribution in [3.63, 3.8) is 0 Å². The maximum atomic E-state index is 14.8. The molecule has 3 aliphatic heterocycles. The van der Waals surface area contributed by atoms with E-state index in [0.717, 1.165) is 0 Å². The van der Waals surface area contributed by atoms with Gasteiger partial charge in [-0.1, -0.05) is 12.1 Å². The number of hydrogen-bond donors (Lipinski definition) is 3. The second-order valence-corrected chi connectivity index (χ2v) is 10.5. The van der Waals surface area contributed by atoms with Crippen molar-refractivity contribution in [3.05, 3.63) is 35.3 Å². The van der Waals surface area contributed by atoms with Crippen molar-refractivity contribution in [2.45, 2.75) is 29.5 Å². The average Bonchev–Trinajstić information content (AvgIpc) is 3.17. The van der Waals surface area contributed by atoms with E-state index >= 15 is 0 Å². The molecule has 10 nitrogen and oxygen atoms in total. The lowest BCUT2D eigenvalue weighted by molar-refractivity contribution is 0.0297. The Bertz CT molecular complexity index is 1120. The van der Waals surface area contributed by atoms with Crippen LogP contribution < -0.4 is 0 Å². The van der Waals surface area contributed by atoms with E-state index in [0.29, 0.717) is 56.9 Å². The molecular formula is C21H25FN4O6S. The number of ether oxygens (including phenoxy) is 1. The molecule has 0 spiro atoms. The topological polar surface area (TPSA) is 128 Å². The Labute approximate surface area is 190 Å². The second-order valence-electron chi connectivity index (χ2n) is 8.48. The number of carboxylic acid groups (broad SMARTS) is 1. The molecule has 0 saturated carbocycles. The minimum absolute atomic E-state index is 0.0919. The maximum absolute atomic E-state index is 14.8. The van der Waals surface area contributed by atoms with Gasteiger partial charge in [0.2, 0.25) is 0 Å². The molecule has 1 aromatic heterocycles. The quantitative estimate of drug-likeness (QED) is 0.602. The molecule has 1 atom stereocenters. The van der Waals surface area contributed by atoms with Crippen LogP contribution in [-0.4, -0.2) is 85.2 Å². The summed E-state index contributed by atoms with van der Waals surface area (Å²) in [5.41, 5.74) is 1.17. The van der Waals surface area contributed by atoms with E-state index in [1.165, 1.54) is 17.0 Å². The number of aromatic nitrogens is 2. The first-order valence-corrected chi connectivity index (χ1v) is 12.5. The number of fused-ring (bicyclic) bond motifs is 3. The Morgan fingerprint density at radius 2 is 1.91 bits per heavy atom. The zero-order valence-corrected chi connectivity index (χ0v) is 18.6. The number of carbonyl (C=O) groups excluding carboxylic acids is 1. The molecule has 12 heteroatoms. The Hall–Kier alpha value is -2.67. The number of morpholine rings is 1. The number of likely N-dealkylation sites (tertiary alicyclic amines) is 1. The predicted molar refractivity (Wildman–Crippen MR) is 117 cm³/mol. The van der Waals surface area contributed by atoms with Crippen molar-refractivity contribution in [1.29, 1.82) is 0 Å². The van der Waals surface area contributed by atoms with Crippen LogP contribution in [0.15, 0.2) is 23.1 Å². The van der Waals surface area contributed by atoms with E-state index in [-0.39, 0.29) is 40.4 Å². The fourth-order valence-electron chi connectivity index (χ4n) is 4.87. The molecular weight excluding hydrogens is 455 g/mol. The molecule has 3 N–H and O–H groups in total. The highest BCUT2D eigenvalue weighted by Crippen LogP contribution is 2.61. The fraction of sp³-hybridized carbons (Fsp3) is 0.476. The number of piperidine rings is 1. The van der Waals surface area contributed by atoms with Crippen LogP contribution in [0.3, 0.4) is 0 Å². The highest BCUT2D eigenvalue weighted by atomic mass is 32.3. The van der Waals surface area contributed by atoms with Gasteiger partial charge >= 0.3 is 6.09 Å². The van der Waals surface area contributed by atoms with E-state index < -0.39 is 22.5 Å². The lowest BCUT2D eigenvalue weighted by Crippen LogP contribution is -2.41. The van der Waals surface area contributed by atoms with Gasteiger partial charge in [0.25, 0.3) is 5.91 Å². The molecule has 0 radical (unpaired) electrons. The number of rotatable bonds is 2. The largest absolute Gasteiger partial charge is 0.465 e. The summed E-state index contributed by atoms with van der Waals surface area (Å²) in [6.45, 7) is 2.15. The average molecular weight is 481 g/mol. The minimum atomic E-state index is -3.54. The molecule has 0 bridgehead atoms. The molecule has 1 aromatic carbocycles. The van der Waals surface area contributed by atoms with Crippen LogP contribution in [-0.2, 0) is 10.5 Å². The van der Waals surface area contributed by atoms with Gasteiger partial charge in [0.15, 0.2) is 5.69 Å². The number of benzene rings is 1. The summed E-state index contributed by atoms with van der Waals surface area (Å²) < 4.78 is 43.4. The number of hydrogen-bond acceptors (Lipinski definition) is 6. The van der Waals surface area contributed by atoms with Crippen LogP contribution in [0.2, 0.25) is 0 Å². The van der Waals surface area contributed by atoms with Crippen LogP contribution in [0.5, 0.6) is 0 Å². The lowest BCUT2D eigenvalue weighted by Gasteiger charge is -2.39. The summed E-state index contributed by atoms with van der Waals surface area (Å²) in [4.78, 5) is 27.7. The Kier molecular flexibility index (Phi) is 5.55. The van der Waals surface area contributed by atoms with Crippen LogP contribution in [0, 0.1) is 5.82 Å². The van der Waals surface area contributed by atoms with Gasteiger partial charge in [0, 0.05) is 37.3 Å². The highest BCUT2D eigenvalue weighted by Gasteiger charge is 2.40. The SMILES string of the molecule is O=C(O)N1CCCC(n2nc(C(=O)N3CCOCC3)c3c2-c2cccc(F)c2S(O)(O)C3)C1. The van der Waals surface area contributed by atoms with Crippen molar-refractivity contribution in [2.24, 2.45) is 0 Å². The predicted octanol–water partition coefficient (Wildman–Crippen LogP) is 3.10. The van der Waals surface area contributed by atoms with Crippen molar-refractivity contribution in [3.8, 4) is 11.3 Å². The first-order valence-electron chi connectivity index (χ1n) is 10.8. The Morgan fingerprint density at radius 3 is 2.64 bits per heavy atom. The molecule has 4 heterocycles. The highest BCUT2D eigenvalue weighted by molar-refractivity contribution is 8.23. The van der Waals surface area contributed by atoms with Gasteiger partial charge in [-0.3, -0.25) is 18.6 Å². The lowest BCUT2D eigenvalue weighted by atomic mass is 10.0. The maximum Gasteiger partial charge on any atom is 0.407 e. The van der Waals surface area contributed by atoms with Crippen molar-refractivity contribution >= 4 is 22.6 Å². The zero-order chi connectivity index (χ0) is 23.3. The monoisotopic (exact) mass is 480 g/mol. The van der Waals surface area contributed by atoms with E-state index in [4.69, 9.17) is 4.74 Å². The standard InChI is InChI=1S/C21H25FN4O6S/c22-16-5-1-4-14-18-15(12-33(30,31)19(14)16)17(20(27)24-7-9-32-10-8-24)23-26(18)13-3-2-6-25(11-13)21(28)29/h1,4-5,13,30-31H,2-3,6-12H2,(H,28,29). The summed E-state index contributed by atoms with van der Waals surface area (Å²) in [7, 11) is -3.54. The van der Waals surface area contributed by atoms with Gasteiger partial charge in [-0.05, 0) is 18.9 Å². The number of halogens is 1. The normalized spacial score (nSPS) is 22.9. The molecule has 33 heavy (non-hydrogen) atoms. The number of carbonyl (C=O) groups is 2. The van der Waals surface area contributed by atoms with Crippen LogP contribution in [0.4, 0.5) is 9.18 Å². The van der Waals surface area contributed by atoms with Crippen LogP contribution in [0.1, 0.15) is 34.9 Å². The van der Waals surface area contributed by atoms with Crippen LogP contribution in [0.25, 0.3) is 11.3 Å². The van der Waals surface area contributed by atoms with E-state index in [1.807, 2.05) is 0 Å². The molecule has 2 amide bonds. The van der Waals surface area contributed by atoms with Crippen LogP contribution >= 0.6 is 10.6 Å². The number of nitrogens with zero attached hydrogens (tertiary/aromatic N) is 4. The summed E-state index contributed by atoms with van der Waals surface area (Å²) in [6.07, 6.45) is 0.207. The van der Waals surface area contributed by atoms with E-state index in [2.05, 4.69) is 5.10 Å². The zero-order valence-electron chi connectivity index (χ0n) is 17.8. The molecule has 2 saturated heterocycles. The first kappa shape index (κ1) is 22.1. The molecule has 178 valence electrons.